The van der Waals surface area contributed by atoms with Crippen molar-refractivity contribution >= 4 is 66.5 Å². The topological polar surface area (TPSA) is 94.8 Å². The van der Waals surface area contributed by atoms with E-state index in [2.05, 4.69) is 4.99 Å². The summed E-state index contributed by atoms with van der Waals surface area (Å²) in [5.41, 5.74) is 0.737. The summed E-state index contributed by atoms with van der Waals surface area (Å²) in [6.45, 7) is 1.70. The van der Waals surface area contributed by atoms with Gasteiger partial charge < -0.3 is 9.30 Å². The third-order valence-corrected chi connectivity index (χ3v) is 6.57. The van der Waals surface area contributed by atoms with Gasteiger partial charge in [0.1, 0.15) is 6.54 Å². The standard InChI is InChI=1S/C19H16Cl2N2O5S2/c1-3-28-17(24)10-23-15-5-4-14(30(2,26)27)9-16(15)29-19(23)22-18(25)11-6-12(20)8-13(21)7-11/h4-9H,3,10H2,1-2H3. The van der Waals surface area contributed by atoms with Crippen molar-refractivity contribution in [1.29, 1.82) is 0 Å². The van der Waals surface area contributed by atoms with Crippen molar-refractivity contribution in [2.24, 2.45) is 4.99 Å². The highest BCUT2D eigenvalue weighted by molar-refractivity contribution is 7.90. The van der Waals surface area contributed by atoms with E-state index in [9.17, 15) is 18.0 Å². The second-order valence-corrected chi connectivity index (χ2v) is 10.2. The molecule has 1 amide bonds. The van der Waals surface area contributed by atoms with Gasteiger partial charge in [0.2, 0.25) is 0 Å². The zero-order chi connectivity index (χ0) is 22.1. The van der Waals surface area contributed by atoms with Crippen molar-refractivity contribution in [3.05, 3.63) is 56.8 Å². The minimum atomic E-state index is -3.43. The van der Waals surface area contributed by atoms with Gasteiger partial charge in [-0.3, -0.25) is 9.59 Å². The van der Waals surface area contributed by atoms with Crippen molar-refractivity contribution < 1.29 is 22.7 Å². The Morgan fingerprint density at radius 2 is 1.80 bits per heavy atom. The maximum Gasteiger partial charge on any atom is 0.326 e. The largest absolute Gasteiger partial charge is 0.465 e. The first-order valence-corrected chi connectivity index (χ1v) is 12.1. The highest BCUT2D eigenvalue weighted by atomic mass is 35.5. The molecule has 0 aliphatic heterocycles. The molecule has 0 atom stereocenters. The molecule has 158 valence electrons. The van der Waals surface area contributed by atoms with E-state index in [1.165, 1.54) is 34.9 Å². The number of esters is 1. The van der Waals surface area contributed by atoms with E-state index in [1.54, 1.807) is 13.0 Å². The summed E-state index contributed by atoms with van der Waals surface area (Å²) in [4.78, 5) is 29.2. The molecule has 0 radical (unpaired) electrons. The Hall–Kier alpha value is -2.20. The molecule has 0 spiro atoms. The van der Waals surface area contributed by atoms with E-state index < -0.39 is 21.7 Å². The molecule has 3 aromatic rings. The number of carbonyl (C=O) groups is 2. The molecule has 3 rings (SSSR count). The number of amides is 1. The van der Waals surface area contributed by atoms with Crippen molar-refractivity contribution in [3.63, 3.8) is 0 Å². The SMILES string of the molecule is CCOC(=O)Cn1c(=NC(=O)c2cc(Cl)cc(Cl)c2)sc2cc(S(C)(=O)=O)ccc21. The maximum absolute atomic E-state index is 12.7. The summed E-state index contributed by atoms with van der Waals surface area (Å²) in [6, 6.07) is 8.85. The fourth-order valence-corrected chi connectivity index (χ4v) is 5.00. The molecule has 1 aromatic heterocycles. The van der Waals surface area contributed by atoms with E-state index in [4.69, 9.17) is 27.9 Å². The Labute approximate surface area is 186 Å². The third kappa shape index (κ3) is 5.10. The average molecular weight is 487 g/mol. The molecule has 0 fully saturated rings. The lowest BCUT2D eigenvalue weighted by atomic mass is 10.2. The summed E-state index contributed by atoms with van der Waals surface area (Å²) >= 11 is 13.0. The van der Waals surface area contributed by atoms with Crippen LogP contribution in [0.2, 0.25) is 10.0 Å². The normalized spacial score (nSPS) is 12.3. The van der Waals surface area contributed by atoms with E-state index in [1.807, 2.05) is 0 Å². The first kappa shape index (κ1) is 22.5. The van der Waals surface area contributed by atoms with Gasteiger partial charge in [-0.2, -0.15) is 4.99 Å². The van der Waals surface area contributed by atoms with Crippen LogP contribution >= 0.6 is 34.5 Å². The monoisotopic (exact) mass is 486 g/mol. The van der Waals surface area contributed by atoms with Gasteiger partial charge in [0.05, 0.1) is 21.7 Å². The van der Waals surface area contributed by atoms with E-state index in [0.717, 1.165) is 17.6 Å². The van der Waals surface area contributed by atoms with Crippen molar-refractivity contribution in [1.82, 2.24) is 4.57 Å². The molecule has 2 aromatic carbocycles. The van der Waals surface area contributed by atoms with Crippen LogP contribution in [0.25, 0.3) is 10.2 Å². The number of hydrogen-bond donors (Lipinski definition) is 0. The van der Waals surface area contributed by atoms with Gasteiger partial charge in [0, 0.05) is 21.9 Å². The number of halogens is 2. The number of ether oxygens (including phenoxy) is 1. The quantitative estimate of drug-likeness (QED) is 0.512. The Kier molecular flexibility index (Phi) is 6.66. The fourth-order valence-electron chi connectivity index (χ4n) is 2.69. The smallest absolute Gasteiger partial charge is 0.326 e. The molecule has 0 bridgehead atoms. The summed E-state index contributed by atoms with van der Waals surface area (Å²) in [5.74, 6) is -1.11. The number of hydrogen-bond acceptors (Lipinski definition) is 6. The van der Waals surface area contributed by atoms with Gasteiger partial charge in [-0.1, -0.05) is 34.5 Å². The second-order valence-electron chi connectivity index (χ2n) is 6.25. The Balaban J connectivity index is 2.18. The van der Waals surface area contributed by atoms with Crippen LogP contribution in [0, 0.1) is 0 Å². The van der Waals surface area contributed by atoms with Crippen LogP contribution in [0.15, 0.2) is 46.3 Å². The van der Waals surface area contributed by atoms with Crippen LogP contribution in [-0.4, -0.2) is 37.7 Å². The van der Waals surface area contributed by atoms with Gasteiger partial charge in [-0.05, 0) is 43.3 Å². The maximum atomic E-state index is 12.7. The van der Waals surface area contributed by atoms with E-state index in [-0.39, 0.29) is 38.5 Å². The van der Waals surface area contributed by atoms with Gasteiger partial charge in [-0.25, -0.2) is 8.42 Å². The lowest BCUT2D eigenvalue weighted by Crippen LogP contribution is -2.23. The molecule has 0 N–H and O–H groups in total. The lowest BCUT2D eigenvalue weighted by Gasteiger charge is -2.05. The molecule has 0 saturated carbocycles. The predicted molar refractivity (Wildman–Crippen MR) is 116 cm³/mol. The molecular formula is C19H16Cl2N2O5S2. The first-order chi connectivity index (χ1) is 14.1. The minimum absolute atomic E-state index is 0.124. The summed E-state index contributed by atoms with van der Waals surface area (Å²) in [6.07, 6.45) is 1.10. The van der Waals surface area contributed by atoms with Crippen molar-refractivity contribution in [2.45, 2.75) is 18.4 Å². The molecule has 30 heavy (non-hydrogen) atoms. The fraction of sp³-hybridized carbons (Fsp3) is 0.211. The highest BCUT2D eigenvalue weighted by Gasteiger charge is 2.16. The van der Waals surface area contributed by atoms with Crippen LogP contribution in [0.1, 0.15) is 17.3 Å². The minimum Gasteiger partial charge on any atom is -0.465 e. The summed E-state index contributed by atoms with van der Waals surface area (Å²) in [5, 5.41) is 0.573. The van der Waals surface area contributed by atoms with Crippen LogP contribution in [0.4, 0.5) is 0 Å². The van der Waals surface area contributed by atoms with E-state index >= 15 is 0 Å². The van der Waals surface area contributed by atoms with Crippen LogP contribution < -0.4 is 4.80 Å². The first-order valence-electron chi connectivity index (χ1n) is 8.62. The predicted octanol–water partition coefficient (Wildman–Crippen LogP) is 3.72. The number of sulfone groups is 1. The number of carbonyl (C=O) groups excluding carboxylic acids is 2. The molecule has 0 saturated heterocycles. The van der Waals surface area contributed by atoms with Crippen molar-refractivity contribution in [2.75, 3.05) is 12.9 Å². The molecule has 1 heterocycles. The third-order valence-electron chi connectivity index (χ3n) is 3.98. The summed E-state index contributed by atoms with van der Waals surface area (Å²) in [7, 11) is -3.43. The Morgan fingerprint density at radius 1 is 1.13 bits per heavy atom. The second kappa shape index (κ2) is 8.89. The molecule has 0 aliphatic rings. The van der Waals surface area contributed by atoms with Crippen LogP contribution in [-0.2, 0) is 25.9 Å². The van der Waals surface area contributed by atoms with Gasteiger partial charge in [0.15, 0.2) is 14.6 Å². The lowest BCUT2D eigenvalue weighted by molar-refractivity contribution is -0.143. The van der Waals surface area contributed by atoms with Crippen molar-refractivity contribution in [3.8, 4) is 0 Å². The molecule has 7 nitrogen and oxygen atoms in total. The Bertz CT molecular complexity index is 1310. The van der Waals surface area contributed by atoms with Gasteiger partial charge in [0.25, 0.3) is 5.91 Å². The highest BCUT2D eigenvalue weighted by Crippen LogP contribution is 2.23. The average Bonchev–Trinajstić information content (AvgIpc) is 2.96. The van der Waals surface area contributed by atoms with Gasteiger partial charge in [-0.15, -0.1) is 0 Å². The number of rotatable bonds is 5. The van der Waals surface area contributed by atoms with E-state index in [0.29, 0.717) is 10.2 Å². The van der Waals surface area contributed by atoms with Gasteiger partial charge >= 0.3 is 5.97 Å². The molecule has 0 unspecified atom stereocenters. The summed E-state index contributed by atoms with van der Waals surface area (Å²) < 4.78 is 30.8. The zero-order valence-electron chi connectivity index (χ0n) is 15.9. The van der Waals surface area contributed by atoms with Crippen LogP contribution in [0.5, 0.6) is 0 Å². The molecule has 11 heteroatoms. The zero-order valence-corrected chi connectivity index (χ0v) is 19.0. The number of benzene rings is 2. The Morgan fingerprint density at radius 3 is 2.40 bits per heavy atom. The number of thiazole rings is 1. The van der Waals surface area contributed by atoms with Crippen LogP contribution in [0.3, 0.4) is 0 Å². The molecular weight excluding hydrogens is 471 g/mol. The molecule has 0 aliphatic carbocycles. The number of fused-ring (bicyclic) bond motifs is 1. The number of nitrogens with zero attached hydrogens (tertiary/aromatic N) is 2. The number of aromatic nitrogens is 1.